The summed E-state index contributed by atoms with van der Waals surface area (Å²) in [5.74, 6) is 0.905. The van der Waals surface area contributed by atoms with E-state index in [1.54, 1.807) is 0 Å². The third kappa shape index (κ3) is 1.72. The van der Waals surface area contributed by atoms with Gasteiger partial charge in [-0.2, -0.15) is 0 Å². The molecule has 0 atom stereocenters. The molecule has 0 fully saturated rings. The van der Waals surface area contributed by atoms with Crippen LogP contribution in [-0.4, -0.2) is 6.61 Å². The minimum Gasteiger partial charge on any atom is -0.489 e. The van der Waals surface area contributed by atoms with Gasteiger partial charge in [-0.15, -0.1) is 0 Å². The van der Waals surface area contributed by atoms with Crippen molar-refractivity contribution in [2.24, 2.45) is 5.73 Å². The highest BCUT2D eigenvalue weighted by molar-refractivity contribution is 5.59. The van der Waals surface area contributed by atoms with Gasteiger partial charge in [0.25, 0.3) is 0 Å². The van der Waals surface area contributed by atoms with Crippen LogP contribution in [0.1, 0.15) is 5.56 Å². The molecule has 1 heterocycles. The quantitative estimate of drug-likeness (QED) is 0.650. The average molecular weight is 173 g/mol. The number of fused-ring (bicyclic) bond motifs is 1. The first-order valence-corrected chi connectivity index (χ1v) is 4.22. The summed E-state index contributed by atoms with van der Waals surface area (Å²) in [5.41, 5.74) is 7.47. The van der Waals surface area contributed by atoms with Crippen molar-refractivity contribution in [3.05, 3.63) is 47.7 Å². The molecule has 0 spiro atoms. The van der Waals surface area contributed by atoms with Gasteiger partial charge in [-0.1, -0.05) is 18.2 Å². The Bertz CT molecular complexity index is 366. The lowest BCUT2D eigenvalue weighted by molar-refractivity contribution is 0.361. The fourth-order valence-corrected chi connectivity index (χ4v) is 1.23. The SMILES string of the molecule is NC1=CCOc2ccccc2C=C1. The molecule has 0 aromatic heterocycles. The summed E-state index contributed by atoms with van der Waals surface area (Å²) < 4.78 is 5.49. The van der Waals surface area contributed by atoms with Gasteiger partial charge < -0.3 is 10.5 Å². The molecule has 2 N–H and O–H groups in total. The molecule has 13 heavy (non-hydrogen) atoms. The predicted molar refractivity (Wildman–Crippen MR) is 53.2 cm³/mol. The molecule has 2 nitrogen and oxygen atoms in total. The van der Waals surface area contributed by atoms with E-state index in [-0.39, 0.29) is 0 Å². The van der Waals surface area contributed by atoms with Crippen molar-refractivity contribution in [1.82, 2.24) is 0 Å². The van der Waals surface area contributed by atoms with Crippen LogP contribution in [0, 0.1) is 0 Å². The average Bonchev–Trinajstić information content (AvgIpc) is 2.13. The predicted octanol–water partition coefficient (Wildman–Crippen LogP) is 1.93. The van der Waals surface area contributed by atoms with Crippen molar-refractivity contribution < 1.29 is 4.74 Å². The zero-order valence-electron chi connectivity index (χ0n) is 7.23. The molecule has 1 aromatic rings. The fraction of sp³-hybridized carbons (Fsp3) is 0.0909. The van der Waals surface area contributed by atoms with Crippen LogP contribution in [0.5, 0.6) is 5.75 Å². The van der Waals surface area contributed by atoms with Crippen molar-refractivity contribution >= 4 is 6.08 Å². The Morgan fingerprint density at radius 2 is 2.00 bits per heavy atom. The third-order valence-corrected chi connectivity index (χ3v) is 1.93. The molecule has 1 aromatic carbocycles. The van der Waals surface area contributed by atoms with Gasteiger partial charge in [-0.05, 0) is 24.3 Å². The molecule has 2 heteroatoms. The number of para-hydroxylation sites is 1. The summed E-state index contributed by atoms with van der Waals surface area (Å²) in [6.45, 7) is 0.535. The molecular weight excluding hydrogens is 162 g/mol. The maximum Gasteiger partial charge on any atom is 0.126 e. The molecule has 0 saturated carbocycles. The maximum absolute atomic E-state index is 5.66. The van der Waals surface area contributed by atoms with Crippen molar-refractivity contribution in [2.75, 3.05) is 6.61 Å². The molecule has 1 aliphatic rings. The number of nitrogens with two attached hydrogens (primary N) is 1. The Hall–Kier alpha value is -1.70. The molecule has 2 rings (SSSR count). The third-order valence-electron chi connectivity index (χ3n) is 1.93. The monoisotopic (exact) mass is 173 g/mol. The lowest BCUT2D eigenvalue weighted by Gasteiger charge is -2.09. The Labute approximate surface area is 77.3 Å². The van der Waals surface area contributed by atoms with Gasteiger partial charge in [0.05, 0.1) is 0 Å². The zero-order chi connectivity index (χ0) is 9.10. The Kier molecular flexibility index (Phi) is 2.04. The number of allylic oxidation sites excluding steroid dienone is 1. The maximum atomic E-state index is 5.66. The highest BCUT2D eigenvalue weighted by Gasteiger charge is 2.00. The minimum absolute atomic E-state index is 0.535. The van der Waals surface area contributed by atoms with Gasteiger partial charge in [0, 0.05) is 11.3 Å². The summed E-state index contributed by atoms with van der Waals surface area (Å²) >= 11 is 0. The summed E-state index contributed by atoms with van der Waals surface area (Å²) in [6, 6.07) is 7.90. The summed E-state index contributed by atoms with van der Waals surface area (Å²) in [7, 11) is 0. The van der Waals surface area contributed by atoms with Crippen LogP contribution >= 0.6 is 0 Å². The van der Waals surface area contributed by atoms with Gasteiger partial charge in [0.1, 0.15) is 12.4 Å². The van der Waals surface area contributed by atoms with Crippen molar-refractivity contribution in [3.63, 3.8) is 0 Å². The lowest BCUT2D eigenvalue weighted by atomic mass is 10.1. The van der Waals surface area contributed by atoms with Crippen molar-refractivity contribution in [1.29, 1.82) is 0 Å². The molecule has 0 saturated heterocycles. The van der Waals surface area contributed by atoms with E-state index in [9.17, 15) is 0 Å². The van der Waals surface area contributed by atoms with E-state index in [1.807, 2.05) is 42.5 Å². The fourth-order valence-electron chi connectivity index (χ4n) is 1.23. The Morgan fingerprint density at radius 1 is 1.15 bits per heavy atom. The smallest absolute Gasteiger partial charge is 0.126 e. The molecule has 0 unspecified atom stereocenters. The molecule has 0 radical (unpaired) electrons. The van der Waals surface area contributed by atoms with Crippen LogP contribution in [0.4, 0.5) is 0 Å². The number of rotatable bonds is 0. The van der Waals surface area contributed by atoms with E-state index in [0.29, 0.717) is 6.61 Å². The zero-order valence-corrected chi connectivity index (χ0v) is 7.23. The van der Waals surface area contributed by atoms with E-state index >= 15 is 0 Å². The van der Waals surface area contributed by atoms with Crippen LogP contribution in [-0.2, 0) is 0 Å². The summed E-state index contributed by atoms with van der Waals surface area (Å²) in [6.07, 6.45) is 5.70. The Morgan fingerprint density at radius 3 is 2.92 bits per heavy atom. The number of ether oxygens (including phenoxy) is 1. The summed E-state index contributed by atoms with van der Waals surface area (Å²) in [4.78, 5) is 0. The van der Waals surface area contributed by atoms with E-state index in [4.69, 9.17) is 10.5 Å². The molecule has 0 bridgehead atoms. The largest absolute Gasteiger partial charge is 0.489 e. The van der Waals surface area contributed by atoms with Gasteiger partial charge >= 0.3 is 0 Å². The van der Waals surface area contributed by atoms with Crippen LogP contribution in [0.3, 0.4) is 0 Å². The van der Waals surface area contributed by atoms with E-state index in [0.717, 1.165) is 17.0 Å². The lowest BCUT2D eigenvalue weighted by Crippen LogP contribution is -2.02. The number of hydrogen-bond acceptors (Lipinski definition) is 2. The van der Waals surface area contributed by atoms with E-state index < -0.39 is 0 Å². The molecule has 0 amide bonds. The second kappa shape index (κ2) is 3.35. The molecule has 0 aliphatic carbocycles. The summed E-state index contributed by atoms with van der Waals surface area (Å²) in [5, 5.41) is 0. The van der Waals surface area contributed by atoms with Crippen molar-refractivity contribution in [2.45, 2.75) is 0 Å². The van der Waals surface area contributed by atoms with E-state index in [2.05, 4.69) is 0 Å². The first-order chi connectivity index (χ1) is 6.36. The standard InChI is InChI=1S/C11H11NO/c12-10-6-5-9-3-1-2-4-11(9)13-8-7-10/h1-7H,8,12H2. The second-order valence-corrected chi connectivity index (χ2v) is 2.89. The van der Waals surface area contributed by atoms with Gasteiger partial charge in [0.15, 0.2) is 0 Å². The van der Waals surface area contributed by atoms with Crippen LogP contribution in [0.2, 0.25) is 0 Å². The van der Waals surface area contributed by atoms with Crippen LogP contribution < -0.4 is 10.5 Å². The first-order valence-electron chi connectivity index (χ1n) is 4.22. The topological polar surface area (TPSA) is 35.2 Å². The normalized spacial score (nSPS) is 14.9. The van der Waals surface area contributed by atoms with Crippen molar-refractivity contribution in [3.8, 4) is 5.75 Å². The van der Waals surface area contributed by atoms with Crippen LogP contribution in [0.15, 0.2) is 42.1 Å². The number of benzene rings is 1. The minimum atomic E-state index is 0.535. The second-order valence-electron chi connectivity index (χ2n) is 2.89. The number of hydrogen-bond donors (Lipinski definition) is 1. The highest BCUT2D eigenvalue weighted by Crippen LogP contribution is 2.20. The highest BCUT2D eigenvalue weighted by atomic mass is 16.5. The molecule has 66 valence electrons. The Balaban J connectivity index is 2.41. The van der Waals surface area contributed by atoms with Gasteiger partial charge in [-0.3, -0.25) is 0 Å². The molecular formula is C11H11NO. The van der Waals surface area contributed by atoms with E-state index in [1.165, 1.54) is 0 Å². The van der Waals surface area contributed by atoms with Gasteiger partial charge in [0.2, 0.25) is 0 Å². The first kappa shape index (κ1) is 7.92. The molecule has 1 aliphatic heterocycles. The van der Waals surface area contributed by atoms with Crippen LogP contribution in [0.25, 0.3) is 6.08 Å². The van der Waals surface area contributed by atoms with Gasteiger partial charge in [-0.25, -0.2) is 0 Å².